The topological polar surface area (TPSA) is 38.7 Å². The van der Waals surface area contributed by atoms with Crippen LogP contribution in [-0.4, -0.2) is 85.7 Å². The van der Waals surface area contributed by atoms with E-state index < -0.39 is 0 Å². The predicted molar refractivity (Wildman–Crippen MR) is 133 cm³/mol. The number of halogens is 1. The van der Waals surface area contributed by atoms with Gasteiger partial charge in [0.15, 0.2) is 0 Å². The van der Waals surface area contributed by atoms with E-state index in [0.29, 0.717) is 5.28 Å². The number of aromatic nitrogens is 2. The van der Waals surface area contributed by atoms with Crippen LogP contribution < -0.4 is 9.80 Å². The Morgan fingerprint density at radius 3 is 2.31 bits per heavy atom. The van der Waals surface area contributed by atoms with Crippen LogP contribution in [0.15, 0.2) is 24.3 Å². The van der Waals surface area contributed by atoms with Crippen LogP contribution in [0.2, 0.25) is 5.28 Å². The lowest BCUT2D eigenvalue weighted by Crippen LogP contribution is -2.44. The molecule has 5 rings (SSSR count). The van der Waals surface area contributed by atoms with Gasteiger partial charge in [0.25, 0.3) is 0 Å². The van der Waals surface area contributed by atoms with Crippen molar-refractivity contribution in [2.45, 2.75) is 32.1 Å². The van der Waals surface area contributed by atoms with E-state index in [0.717, 1.165) is 62.8 Å². The molecule has 4 heterocycles. The van der Waals surface area contributed by atoms with Crippen molar-refractivity contribution in [3.05, 3.63) is 35.1 Å². The minimum atomic E-state index is 0.353. The largest absolute Gasteiger partial charge is 0.369 e. The van der Waals surface area contributed by atoms with E-state index in [4.69, 9.17) is 11.6 Å². The van der Waals surface area contributed by atoms with Crippen LogP contribution in [0.3, 0.4) is 0 Å². The number of hydrogen-bond donors (Lipinski definition) is 0. The lowest BCUT2D eigenvalue weighted by molar-refractivity contribution is 0.313. The maximum absolute atomic E-state index is 6.39. The molecule has 0 unspecified atom stereocenters. The Hall–Kier alpha value is -1.89. The van der Waals surface area contributed by atoms with Crippen molar-refractivity contribution < 1.29 is 0 Å². The van der Waals surface area contributed by atoms with Crippen LogP contribution in [0, 0.1) is 0 Å². The zero-order valence-electron chi connectivity index (χ0n) is 19.3. The van der Waals surface area contributed by atoms with Crippen molar-refractivity contribution in [3.63, 3.8) is 0 Å². The van der Waals surface area contributed by atoms with Crippen molar-refractivity contribution in [2.24, 2.45) is 0 Å². The van der Waals surface area contributed by atoms with Crippen molar-refractivity contribution >= 4 is 23.1 Å². The van der Waals surface area contributed by atoms with E-state index in [1.165, 1.54) is 56.6 Å². The molecular weight excluding hydrogens is 420 g/mol. The van der Waals surface area contributed by atoms with Gasteiger partial charge < -0.3 is 19.6 Å². The molecule has 2 aromatic rings. The van der Waals surface area contributed by atoms with Gasteiger partial charge in [-0.3, -0.25) is 0 Å². The Balaban J connectivity index is 1.26. The van der Waals surface area contributed by atoms with Gasteiger partial charge in [-0.1, -0.05) is 12.1 Å². The van der Waals surface area contributed by atoms with Crippen molar-refractivity contribution in [1.82, 2.24) is 19.8 Å². The van der Waals surface area contributed by atoms with Crippen molar-refractivity contribution in [1.29, 1.82) is 0 Å². The minimum absolute atomic E-state index is 0.353. The molecule has 7 heteroatoms. The van der Waals surface area contributed by atoms with Gasteiger partial charge in [0.1, 0.15) is 5.82 Å². The summed E-state index contributed by atoms with van der Waals surface area (Å²) in [5.41, 5.74) is 4.68. The third-order valence-corrected chi connectivity index (χ3v) is 7.42. The minimum Gasteiger partial charge on any atom is -0.369 e. The van der Waals surface area contributed by atoms with Gasteiger partial charge in [-0.25, -0.2) is 9.97 Å². The van der Waals surface area contributed by atoms with Gasteiger partial charge in [-0.05, 0) is 82.5 Å². The van der Waals surface area contributed by atoms with Crippen LogP contribution in [0.5, 0.6) is 0 Å². The number of likely N-dealkylation sites (tertiary alicyclic amines) is 1. The number of piperazine rings is 1. The first kappa shape index (κ1) is 21.9. The second-order valence-corrected chi connectivity index (χ2v) is 9.81. The standard InChI is InChI=1S/C25H35ClN6/c1-29-16-18-31(19-17-29)21-8-6-20(7-9-21)23-22-10-15-32(24(22)28-25(26)27-23)14-5-4-13-30-11-2-3-12-30/h6-9H,2-5,10-19H2,1H3. The quantitative estimate of drug-likeness (QED) is 0.468. The molecule has 0 amide bonds. The number of hydrogen-bond acceptors (Lipinski definition) is 6. The first-order chi connectivity index (χ1) is 15.7. The maximum Gasteiger partial charge on any atom is 0.224 e. The third-order valence-electron chi connectivity index (χ3n) is 7.25. The highest BCUT2D eigenvalue weighted by Crippen LogP contribution is 2.35. The molecule has 1 aromatic heterocycles. The molecule has 0 radical (unpaired) electrons. The first-order valence-corrected chi connectivity index (χ1v) is 12.6. The number of unbranched alkanes of at least 4 members (excludes halogenated alkanes) is 1. The third kappa shape index (κ3) is 4.87. The second-order valence-electron chi connectivity index (χ2n) is 9.47. The van der Waals surface area contributed by atoms with E-state index in [1.807, 2.05) is 0 Å². The second kappa shape index (κ2) is 9.94. The van der Waals surface area contributed by atoms with Crippen LogP contribution in [0.1, 0.15) is 31.2 Å². The molecule has 0 N–H and O–H groups in total. The summed E-state index contributed by atoms with van der Waals surface area (Å²) in [4.78, 5) is 19.1. The highest BCUT2D eigenvalue weighted by molar-refractivity contribution is 6.28. The lowest BCUT2D eigenvalue weighted by atomic mass is 10.0. The maximum atomic E-state index is 6.39. The summed E-state index contributed by atoms with van der Waals surface area (Å²) >= 11 is 6.39. The Morgan fingerprint density at radius 2 is 1.56 bits per heavy atom. The van der Waals surface area contributed by atoms with E-state index in [9.17, 15) is 0 Å². The highest BCUT2D eigenvalue weighted by atomic mass is 35.5. The van der Waals surface area contributed by atoms with Crippen molar-refractivity contribution in [2.75, 3.05) is 75.8 Å². The van der Waals surface area contributed by atoms with E-state index in [2.05, 4.69) is 60.9 Å². The average molecular weight is 455 g/mol. The van der Waals surface area contributed by atoms with E-state index in [-0.39, 0.29) is 0 Å². The van der Waals surface area contributed by atoms with Crippen LogP contribution in [-0.2, 0) is 6.42 Å². The number of nitrogens with zero attached hydrogens (tertiary/aromatic N) is 6. The normalized spacial score (nSPS) is 19.7. The van der Waals surface area contributed by atoms with Gasteiger partial charge in [0.05, 0.1) is 5.69 Å². The molecule has 0 spiro atoms. The molecule has 0 saturated carbocycles. The first-order valence-electron chi connectivity index (χ1n) is 12.2. The summed E-state index contributed by atoms with van der Waals surface area (Å²) in [5, 5.41) is 0.353. The van der Waals surface area contributed by atoms with Crippen LogP contribution in [0.4, 0.5) is 11.5 Å². The van der Waals surface area contributed by atoms with Crippen LogP contribution in [0.25, 0.3) is 11.3 Å². The van der Waals surface area contributed by atoms with Crippen LogP contribution >= 0.6 is 11.6 Å². The molecule has 2 fully saturated rings. The smallest absolute Gasteiger partial charge is 0.224 e. The van der Waals surface area contributed by atoms with Gasteiger partial charge in [0.2, 0.25) is 5.28 Å². The molecule has 1 aromatic carbocycles. The molecule has 3 aliphatic heterocycles. The highest BCUT2D eigenvalue weighted by Gasteiger charge is 2.26. The zero-order valence-corrected chi connectivity index (χ0v) is 20.0. The fraction of sp³-hybridized carbons (Fsp3) is 0.600. The van der Waals surface area contributed by atoms with E-state index >= 15 is 0 Å². The average Bonchev–Trinajstić information content (AvgIpc) is 3.47. The molecule has 6 nitrogen and oxygen atoms in total. The van der Waals surface area contributed by atoms with Crippen molar-refractivity contribution in [3.8, 4) is 11.3 Å². The molecule has 0 bridgehead atoms. The molecule has 0 atom stereocenters. The predicted octanol–water partition coefficient (Wildman–Crippen LogP) is 3.79. The molecule has 172 valence electrons. The Kier molecular flexibility index (Phi) is 6.81. The summed E-state index contributed by atoms with van der Waals surface area (Å²) < 4.78 is 0. The molecule has 2 saturated heterocycles. The molecule has 32 heavy (non-hydrogen) atoms. The number of rotatable bonds is 7. The summed E-state index contributed by atoms with van der Waals surface area (Å²) in [6.07, 6.45) is 6.19. The summed E-state index contributed by atoms with van der Waals surface area (Å²) in [7, 11) is 2.19. The summed E-state index contributed by atoms with van der Waals surface area (Å²) in [6, 6.07) is 8.86. The summed E-state index contributed by atoms with van der Waals surface area (Å²) in [6.45, 7) is 10.3. The molecule has 3 aliphatic rings. The molecule has 0 aliphatic carbocycles. The fourth-order valence-corrected chi connectivity index (χ4v) is 5.45. The SMILES string of the molecule is CN1CCN(c2ccc(-c3nc(Cl)nc4c3CCN4CCCCN3CCCC3)cc2)CC1. The number of fused-ring (bicyclic) bond motifs is 1. The van der Waals surface area contributed by atoms with Gasteiger partial charge in [-0.15, -0.1) is 0 Å². The Labute approximate surface area is 197 Å². The van der Waals surface area contributed by atoms with Gasteiger partial charge in [0, 0.05) is 56.1 Å². The van der Waals surface area contributed by atoms with Gasteiger partial charge in [-0.2, -0.15) is 0 Å². The number of benzene rings is 1. The fourth-order valence-electron chi connectivity index (χ4n) is 5.29. The lowest BCUT2D eigenvalue weighted by Gasteiger charge is -2.34. The monoisotopic (exact) mass is 454 g/mol. The number of likely N-dealkylation sites (N-methyl/N-ethyl adjacent to an activating group) is 1. The summed E-state index contributed by atoms with van der Waals surface area (Å²) in [5.74, 6) is 1.05. The Morgan fingerprint density at radius 1 is 0.844 bits per heavy atom. The zero-order chi connectivity index (χ0) is 21.9. The molecular formula is C25H35ClN6. The number of anilines is 2. The van der Waals surface area contributed by atoms with E-state index in [1.54, 1.807) is 0 Å². The Bertz CT molecular complexity index is 903. The van der Waals surface area contributed by atoms with Gasteiger partial charge >= 0.3 is 0 Å².